The van der Waals surface area contributed by atoms with Gasteiger partial charge in [-0.25, -0.2) is 0 Å². The minimum absolute atomic E-state index is 0.751. The van der Waals surface area contributed by atoms with Crippen LogP contribution in [0.3, 0.4) is 0 Å². The lowest BCUT2D eigenvalue weighted by Crippen LogP contribution is -2.47. The fraction of sp³-hybridized carbons (Fsp3) is 0.524. The monoisotopic (exact) mass is 584 g/mol. The van der Waals surface area contributed by atoms with E-state index in [2.05, 4.69) is 112 Å². The fourth-order valence-corrected chi connectivity index (χ4v) is 19.6. The molecular formula is C42H52Si. The number of hydrogen-bond acceptors (Lipinski definition) is 0. The van der Waals surface area contributed by atoms with Crippen LogP contribution in [0.25, 0.3) is 21.5 Å². The lowest BCUT2D eigenvalue weighted by Gasteiger charge is -2.49. The van der Waals surface area contributed by atoms with Crippen molar-refractivity contribution in [3.63, 3.8) is 0 Å². The van der Waals surface area contributed by atoms with Crippen molar-refractivity contribution < 1.29 is 0 Å². The highest BCUT2D eigenvalue weighted by Crippen LogP contribution is 2.67. The van der Waals surface area contributed by atoms with E-state index in [1.165, 1.54) is 72.9 Å². The van der Waals surface area contributed by atoms with Gasteiger partial charge in [0.1, 0.15) is 0 Å². The molecule has 0 aliphatic heterocycles. The first kappa shape index (κ1) is 28.1. The number of hydrogen-bond donors (Lipinski definition) is 0. The van der Waals surface area contributed by atoms with Gasteiger partial charge < -0.3 is 0 Å². The first-order valence-electron chi connectivity index (χ1n) is 17.9. The third-order valence-electron chi connectivity index (χ3n) is 13.8. The van der Waals surface area contributed by atoms with Gasteiger partial charge in [0.15, 0.2) is 0 Å². The minimum atomic E-state index is -1.55. The molecule has 0 bridgehead atoms. The Hall–Kier alpha value is -2.38. The zero-order valence-corrected chi connectivity index (χ0v) is 28.0. The van der Waals surface area contributed by atoms with Crippen LogP contribution in [0.5, 0.6) is 0 Å². The largest absolute Gasteiger partial charge is 0.0689 e. The summed E-state index contributed by atoms with van der Waals surface area (Å²) < 4.78 is 0. The van der Waals surface area contributed by atoms with E-state index in [1.807, 2.05) is 0 Å². The normalized spacial score (nSPS) is 36.1. The van der Waals surface area contributed by atoms with E-state index in [0.29, 0.717) is 0 Å². The molecule has 224 valence electrons. The van der Waals surface area contributed by atoms with E-state index < -0.39 is 8.07 Å². The van der Waals surface area contributed by atoms with Gasteiger partial charge in [-0.05, 0) is 117 Å². The average molecular weight is 585 g/mol. The topological polar surface area (TPSA) is 0 Å². The highest BCUT2D eigenvalue weighted by Gasteiger charge is 2.59. The van der Waals surface area contributed by atoms with Crippen molar-refractivity contribution in [1.29, 1.82) is 0 Å². The molecule has 0 radical (unpaired) electrons. The van der Waals surface area contributed by atoms with Gasteiger partial charge in [0.05, 0.1) is 8.07 Å². The zero-order valence-electron chi connectivity index (χ0n) is 27.0. The second-order valence-corrected chi connectivity index (χ2v) is 21.1. The minimum Gasteiger partial charge on any atom is -0.0689 e. The van der Waals surface area contributed by atoms with Gasteiger partial charge in [0, 0.05) is 0 Å². The van der Waals surface area contributed by atoms with Gasteiger partial charge in [-0.15, -0.1) is 0 Å². The predicted octanol–water partition coefficient (Wildman–Crippen LogP) is 12.2. The Morgan fingerprint density at radius 1 is 0.488 bits per heavy atom. The molecule has 1 heteroatoms. The molecule has 0 saturated heterocycles. The van der Waals surface area contributed by atoms with Crippen molar-refractivity contribution in [2.24, 2.45) is 35.5 Å². The highest BCUT2D eigenvalue weighted by atomic mass is 28.3. The molecule has 0 nitrogen and oxygen atoms in total. The summed E-state index contributed by atoms with van der Waals surface area (Å²) in [5, 5.41) is 5.92. The van der Waals surface area contributed by atoms with E-state index in [9.17, 15) is 0 Å². The second kappa shape index (κ2) is 10.9. The van der Waals surface area contributed by atoms with Crippen molar-refractivity contribution in [2.75, 3.05) is 0 Å². The smallest absolute Gasteiger partial charge is 0.0546 e. The van der Waals surface area contributed by atoms with E-state index >= 15 is 0 Å². The van der Waals surface area contributed by atoms with E-state index in [4.69, 9.17) is 0 Å². The third-order valence-corrected chi connectivity index (χ3v) is 19.3. The van der Waals surface area contributed by atoms with Gasteiger partial charge in [0.25, 0.3) is 0 Å². The molecule has 0 amide bonds. The molecule has 0 heterocycles. The van der Waals surface area contributed by atoms with E-state index in [1.54, 1.807) is 11.1 Å². The fourth-order valence-electron chi connectivity index (χ4n) is 12.9. The van der Waals surface area contributed by atoms with Crippen LogP contribution in [-0.4, -0.2) is 8.07 Å². The maximum absolute atomic E-state index is 2.89. The van der Waals surface area contributed by atoms with E-state index in [-0.39, 0.29) is 0 Å². The number of rotatable bonds is 4. The third kappa shape index (κ3) is 4.50. The van der Waals surface area contributed by atoms with Crippen LogP contribution in [0.15, 0.2) is 84.9 Å². The standard InChI is InChI=1S/C42H52Si/c1-27-25-39-35(33-19-9-15-29-13-5-7-17-31(29)33)21-11-23-37(39)41(27)43(3,4)42-28(2)26-40-36(22-12-24-38(40)42)34-20-10-16-30-14-6-8-18-32(30)34/h5-10,13-20,27-28,35-42H,11-12,21-26H2,1-4H3. The molecule has 0 aromatic heterocycles. The summed E-state index contributed by atoms with van der Waals surface area (Å²) in [4.78, 5) is 0. The quantitative estimate of drug-likeness (QED) is 0.209. The van der Waals surface area contributed by atoms with Crippen LogP contribution in [0.1, 0.15) is 88.2 Å². The van der Waals surface area contributed by atoms with Gasteiger partial charge in [-0.1, -0.05) is 138 Å². The summed E-state index contributed by atoms with van der Waals surface area (Å²) in [6.45, 7) is 11.2. The average Bonchev–Trinajstić information content (AvgIpc) is 3.56. The Labute approximate surface area is 261 Å². The van der Waals surface area contributed by atoms with E-state index in [0.717, 1.165) is 58.4 Å². The Bertz CT molecular complexity index is 1490. The van der Waals surface area contributed by atoms with Crippen LogP contribution in [0.2, 0.25) is 24.2 Å². The molecule has 8 rings (SSSR count). The summed E-state index contributed by atoms with van der Waals surface area (Å²) in [6, 6.07) is 32.7. The van der Waals surface area contributed by atoms with Gasteiger partial charge in [-0.2, -0.15) is 0 Å². The first-order valence-corrected chi connectivity index (χ1v) is 21.0. The molecule has 4 aliphatic carbocycles. The van der Waals surface area contributed by atoms with Gasteiger partial charge in [0.2, 0.25) is 0 Å². The molecule has 4 aromatic carbocycles. The predicted molar refractivity (Wildman–Crippen MR) is 188 cm³/mol. The lowest BCUT2D eigenvalue weighted by atomic mass is 9.70. The van der Waals surface area contributed by atoms with Crippen LogP contribution in [0.4, 0.5) is 0 Å². The first-order chi connectivity index (χ1) is 20.9. The van der Waals surface area contributed by atoms with Crippen molar-refractivity contribution in [3.8, 4) is 0 Å². The summed E-state index contributed by atoms with van der Waals surface area (Å²) in [6.07, 6.45) is 11.6. The van der Waals surface area contributed by atoms with Crippen LogP contribution >= 0.6 is 0 Å². The van der Waals surface area contributed by atoms with Crippen LogP contribution in [0, 0.1) is 35.5 Å². The Morgan fingerprint density at radius 2 is 0.907 bits per heavy atom. The van der Waals surface area contributed by atoms with Crippen molar-refractivity contribution in [3.05, 3.63) is 96.1 Å². The van der Waals surface area contributed by atoms with Crippen molar-refractivity contribution >= 4 is 29.6 Å². The summed E-state index contributed by atoms with van der Waals surface area (Å²) in [5.41, 5.74) is 5.30. The van der Waals surface area contributed by atoms with Crippen molar-refractivity contribution in [1.82, 2.24) is 0 Å². The molecule has 4 aromatic rings. The lowest BCUT2D eigenvalue weighted by molar-refractivity contribution is 0.227. The number of fused-ring (bicyclic) bond motifs is 4. The molecule has 4 saturated carbocycles. The van der Waals surface area contributed by atoms with Gasteiger partial charge in [-0.3, -0.25) is 0 Å². The molecule has 0 spiro atoms. The second-order valence-electron chi connectivity index (χ2n) is 16.2. The number of benzene rings is 4. The van der Waals surface area contributed by atoms with Gasteiger partial charge >= 0.3 is 0 Å². The summed E-state index contributed by atoms with van der Waals surface area (Å²) in [7, 11) is -1.55. The maximum atomic E-state index is 2.89. The molecule has 0 N–H and O–H groups in total. The molecule has 4 aliphatic rings. The van der Waals surface area contributed by atoms with Crippen LogP contribution < -0.4 is 0 Å². The van der Waals surface area contributed by atoms with Crippen LogP contribution in [-0.2, 0) is 0 Å². The summed E-state index contributed by atoms with van der Waals surface area (Å²) >= 11 is 0. The molecule has 10 atom stereocenters. The Balaban J connectivity index is 1.11. The zero-order chi connectivity index (χ0) is 29.3. The molecular weight excluding hydrogens is 533 g/mol. The Kier molecular flexibility index (Phi) is 7.13. The Morgan fingerprint density at radius 3 is 1.37 bits per heavy atom. The summed E-state index contributed by atoms with van der Waals surface area (Å²) in [5.74, 6) is 6.92. The highest BCUT2D eigenvalue weighted by molar-refractivity contribution is 6.80. The molecule has 10 unspecified atom stereocenters. The maximum Gasteiger partial charge on any atom is 0.0546 e. The molecule has 4 fully saturated rings. The SMILES string of the molecule is CC1CC2C(c3cccc4ccccc34)CCCC2C1[Si](C)(C)C1C(C)CC2C(c3cccc4ccccc34)CCCC21. The van der Waals surface area contributed by atoms with Crippen molar-refractivity contribution in [2.45, 2.75) is 101 Å². The molecule has 43 heavy (non-hydrogen) atoms.